The average Bonchev–Trinajstić information content (AvgIpc) is 2.39. The summed E-state index contributed by atoms with van der Waals surface area (Å²) in [5, 5.41) is 12.6. The predicted molar refractivity (Wildman–Crippen MR) is 66.9 cm³/mol. The second-order valence-corrected chi connectivity index (χ2v) is 4.65. The molecule has 0 radical (unpaired) electrons. The number of nitrogens with zero attached hydrogens (tertiary/aromatic N) is 1. The van der Waals surface area contributed by atoms with E-state index in [4.69, 9.17) is 4.74 Å². The Bertz CT molecular complexity index is 318. The summed E-state index contributed by atoms with van der Waals surface area (Å²) >= 11 is 0. The molecule has 0 bridgehead atoms. The Morgan fingerprint density at radius 1 is 1.35 bits per heavy atom. The number of pyridine rings is 1. The fourth-order valence-corrected chi connectivity index (χ4v) is 2.30. The van der Waals surface area contributed by atoms with E-state index in [-0.39, 0.29) is 12.0 Å². The smallest absolute Gasteiger partial charge is 0.125 e. The predicted octanol–water partition coefficient (Wildman–Crippen LogP) is 1.67. The number of hydrogen-bond donors (Lipinski definition) is 2. The number of hydrogen-bond acceptors (Lipinski definition) is 4. The maximum Gasteiger partial charge on any atom is 0.125 e. The Hall–Kier alpha value is -1.13. The molecule has 0 spiro atoms. The molecule has 0 aromatic carbocycles. The highest BCUT2D eigenvalue weighted by molar-refractivity contribution is 5.33. The van der Waals surface area contributed by atoms with Gasteiger partial charge >= 0.3 is 0 Å². The average molecular weight is 236 g/mol. The van der Waals surface area contributed by atoms with Crippen LogP contribution in [0.25, 0.3) is 0 Å². The zero-order chi connectivity index (χ0) is 12.0. The van der Waals surface area contributed by atoms with Gasteiger partial charge in [-0.15, -0.1) is 0 Å². The van der Waals surface area contributed by atoms with Gasteiger partial charge in [-0.25, -0.2) is 4.98 Å². The number of aliphatic hydroxyl groups excluding tert-OH is 1. The van der Waals surface area contributed by atoms with Gasteiger partial charge in [-0.3, -0.25) is 0 Å². The van der Waals surface area contributed by atoms with E-state index in [1.165, 1.54) is 0 Å². The van der Waals surface area contributed by atoms with Crippen LogP contribution in [0.1, 0.15) is 19.3 Å². The van der Waals surface area contributed by atoms with E-state index in [0.29, 0.717) is 0 Å². The zero-order valence-corrected chi connectivity index (χ0v) is 10.1. The van der Waals surface area contributed by atoms with Crippen LogP contribution in [0.3, 0.4) is 0 Å². The van der Waals surface area contributed by atoms with Crippen molar-refractivity contribution < 1.29 is 9.84 Å². The van der Waals surface area contributed by atoms with Gasteiger partial charge in [0, 0.05) is 32.6 Å². The molecule has 94 valence electrons. The van der Waals surface area contributed by atoms with Crippen LogP contribution < -0.4 is 5.32 Å². The maximum absolute atomic E-state index is 9.20. The number of anilines is 1. The molecule has 2 N–H and O–H groups in total. The summed E-state index contributed by atoms with van der Waals surface area (Å²) < 4.78 is 5.40. The molecular weight excluding hydrogens is 216 g/mol. The van der Waals surface area contributed by atoms with E-state index in [1.807, 2.05) is 18.2 Å². The molecule has 1 aliphatic rings. The fourth-order valence-electron chi connectivity index (χ4n) is 2.30. The van der Waals surface area contributed by atoms with Crippen LogP contribution in [0.2, 0.25) is 0 Å². The third-order valence-corrected chi connectivity index (χ3v) is 3.50. The molecule has 1 aromatic heterocycles. The summed E-state index contributed by atoms with van der Waals surface area (Å²) in [5.41, 5.74) is 0.157. The van der Waals surface area contributed by atoms with Crippen LogP contribution in [0.15, 0.2) is 24.4 Å². The topological polar surface area (TPSA) is 54.4 Å². The molecule has 0 unspecified atom stereocenters. The Morgan fingerprint density at radius 3 is 2.82 bits per heavy atom. The van der Waals surface area contributed by atoms with Crippen molar-refractivity contribution in [3.05, 3.63) is 24.4 Å². The van der Waals surface area contributed by atoms with Crippen molar-refractivity contribution in [2.45, 2.75) is 19.3 Å². The monoisotopic (exact) mass is 236 g/mol. The lowest BCUT2D eigenvalue weighted by Gasteiger charge is -2.37. The number of aliphatic hydroxyl groups is 1. The van der Waals surface area contributed by atoms with Crippen molar-refractivity contribution in [1.82, 2.24) is 4.98 Å². The molecule has 0 aliphatic carbocycles. The molecule has 1 aliphatic heterocycles. The molecule has 4 nitrogen and oxygen atoms in total. The third kappa shape index (κ3) is 3.41. The largest absolute Gasteiger partial charge is 0.396 e. The van der Waals surface area contributed by atoms with E-state index < -0.39 is 0 Å². The minimum Gasteiger partial charge on any atom is -0.396 e. The molecule has 4 heteroatoms. The molecule has 0 atom stereocenters. The van der Waals surface area contributed by atoms with Crippen LogP contribution in [0.4, 0.5) is 5.82 Å². The highest BCUT2D eigenvalue weighted by Gasteiger charge is 2.31. The van der Waals surface area contributed by atoms with E-state index in [2.05, 4.69) is 10.3 Å². The highest BCUT2D eigenvalue weighted by atomic mass is 16.5. The first-order valence-electron chi connectivity index (χ1n) is 6.18. The Kier molecular flexibility index (Phi) is 4.34. The van der Waals surface area contributed by atoms with Gasteiger partial charge < -0.3 is 15.2 Å². The van der Waals surface area contributed by atoms with Crippen molar-refractivity contribution in [2.24, 2.45) is 5.41 Å². The van der Waals surface area contributed by atoms with Crippen LogP contribution in [-0.4, -0.2) is 36.5 Å². The minimum atomic E-state index is 0.157. The van der Waals surface area contributed by atoms with Gasteiger partial charge in [-0.2, -0.15) is 0 Å². The number of ether oxygens (including phenoxy) is 1. The van der Waals surface area contributed by atoms with E-state index in [0.717, 1.165) is 44.8 Å². The van der Waals surface area contributed by atoms with Crippen LogP contribution in [-0.2, 0) is 4.74 Å². The van der Waals surface area contributed by atoms with Crippen LogP contribution >= 0.6 is 0 Å². The summed E-state index contributed by atoms with van der Waals surface area (Å²) in [6.07, 6.45) is 4.63. The van der Waals surface area contributed by atoms with Gasteiger partial charge in [-0.1, -0.05) is 6.07 Å². The second-order valence-electron chi connectivity index (χ2n) is 4.65. The van der Waals surface area contributed by atoms with Gasteiger partial charge in [0.2, 0.25) is 0 Å². The summed E-state index contributed by atoms with van der Waals surface area (Å²) in [7, 11) is 0. The molecular formula is C13H20N2O2. The number of nitrogens with one attached hydrogen (secondary N) is 1. The van der Waals surface area contributed by atoms with Gasteiger partial charge in [0.25, 0.3) is 0 Å². The molecule has 1 fully saturated rings. The molecule has 0 amide bonds. The molecule has 2 rings (SSSR count). The summed E-state index contributed by atoms with van der Waals surface area (Å²) in [4.78, 5) is 4.25. The van der Waals surface area contributed by atoms with E-state index >= 15 is 0 Å². The van der Waals surface area contributed by atoms with Gasteiger partial charge in [0.15, 0.2) is 0 Å². The third-order valence-electron chi connectivity index (χ3n) is 3.50. The lowest BCUT2D eigenvalue weighted by Crippen LogP contribution is -2.37. The van der Waals surface area contributed by atoms with Gasteiger partial charge in [-0.05, 0) is 36.8 Å². The van der Waals surface area contributed by atoms with Crippen molar-refractivity contribution in [3.63, 3.8) is 0 Å². The molecule has 1 aromatic rings. The lowest BCUT2D eigenvalue weighted by molar-refractivity contribution is 0.00901. The zero-order valence-electron chi connectivity index (χ0n) is 10.1. The van der Waals surface area contributed by atoms with Gasteiger partial charge in [0.1, 0.15) is 5.82 Å². The molecule has 2 heterocycles. The normalized spacial score (nSPS) is 18.9. The maximum atomic E-state index is 9.20. The standard InChI is InChI=1S/C13H20N2O2/c16-8-4-13(5-9-17-10-6-13)11-15-12-3-1-2-7-14-12/h1-3,7,16H,4-6,8-11H2,(H,14,15). The van der Waals surface area contributed by atoms with Gasteiger partial charge in [0.05, 0.1) is 0 Å². The fraction of sp³-hybridized carbons (Fsp3) is 0.615. The lowest BCUT2D eigenvalue weighted by atomic mass is 9.77. The molecule has 1 saturated heterocycles. The summed E-state index contributed by atoms with van der Waals surface area (Å²) in [6, 6.07) is 5.84. The van der Waals surface area contributed by atoms with E-state index in [9.17, 15) is 5.11 Å². The first kappa shape index (κ1) is 12.3. The molecule has 17 heavy (non-hydrogen) atoms. The first-order chi connectivity index (χ1) is 8.35. The van der Waals surface area contributed by atoms with E-state index in [1.54, 1.807) is 6.20 Å². The van der Waals surface area contributed by atoms with Crippen molar-refractivity contribution >= 4 is 5.82 Å². The molecule has 0 saturated carbocycles. The number of rotatable bonds is 5. The van der Waals surface area contributed by atoms with Crippen molar-refractivity contribution in [1.29, 1.82) is 0 Å². The van der Waals surface area contributed by atoms with Crippen LogP contribution in [0, 0.1) is 5.41 Å². The Labute approximate surface area is 102 Å². The summed E-state index contributed by atoms with van der Waals surface area (Å²) in [6.45, 7) is 2.69. The second kappa shape index (κ2) is 5.98. The SMILES string of the molecule is OCCC1(CNc2ccccn2)CCOCC1. The van der Waals surface area contributed by atoms with Crippen LogP contribution in [0.5, 0.6) is 0 Å². The Balaban J connectivity index is 1.93. The minimum absolute atomic E-state index is 0.157. The summed E-state index contributed by atoms with van der Waals surface area (Å²) in [5.74, 6) is 0.899. The quantitative estimate of drug-likeness (QED) is 0.816. The highest BCUT2D eigenvalue weighted by Crippen LogP contribution is 2.34. The Morgan fingerprint density at radius 2 is 2.18 bits per heavy atom. The number of aromatic nitrogens is 1. The van der Waals surface area contributed by atoms with Crippen molar-refractivity contribution in [3.8, 4) is 0 Å². The van der Waals surface area contributed by atoms with Crippen molar-refractivity contribution in [2.75, 3.05) is 31.7 Å². The first-order valence-corrected chi connectivity index (χ1v) is 6.18.